The molecule has 3 nitrogen and oxygen atoms in total. The van der Waals surface area contributed by atoms with Crippen molar-refractivity contribution in [3.05, 3.63) is 65.0 Å². The van der Waals surface area contributed by atoms with Crippen LogP contribution < -0.4 is 5.73 Å². The summed E-state index contributed by atoms with van der Waals surface area (Å²) in [4.78, 5) is 13.7. The van der Waals surface area contributed by atoms with Crippen molar-refractivity contribution < 1.29 is 9.18 Å². The van der Waals surface area contributed by atoms with Gasteiger partial charge < -0.3 is 10.6 Å². The van der Waals surface area contributed by atoms with Gasteiger partial charge in [0, 0.05) is 19.3 Å². The lowest BCUT2D eigenvalue weighted by atomic mass is 10.1. The Kier molecular flexibility index (Phi) is 4.03. The molecule has 2 aromatic carbocycles. The third-order valence-electron chi connectivity index (χ3n) is 3.07. The molecule has 0 fully saturated rings. The van der Waals surface area contributed by atoms with E-state index in [4.69, 9.17) is 5.73 Å². The van der Waals surface area contributed by atoms with Gasteiger partial charge in [-0.25, -0.2) is 4.39 Å². The molecular formula is C16H17FN2O. The molecule has 0 saturated heterocycles. The summed E-state index contributed by atoms with van der Waals surface area (Å²) in [5, 5.41) is 0. The summed E-state index contributed by atoms with van der Waals surface area (Å²) >= 11 is 0. The lowest BCUT2D eigenvalue weighted by molar-refractivity contribution is 0.0780. The van der Waals surface area contributed by atoms with Crippen LogP contribution in [0.5, 0.6) is 0 Å². The van der Waals surface area contributed by atoms with Crippen LogP contribution in [-0.4, -0.2) is 17.9 Å². The fourth-order valence-electron chi connectivity index (χ4n) is 2.07. The molecule has 2 N–H and O–H groups in total. The van der Waals surface area contributed by atoms with Crippen molar-refractivity contribution in [2.75, 3.05) is 12.8 Å². The van der Waals surface area contributed by atoms with E-state index in [0.29, 0.717) is 12.2 Å². The van der Waals surface area contributed by atoms with E-state index in [1.165, 1.54) is 17.0 Å². The highest BCUT2D eigenvalue weighted by Crippen LogP contribution is 2.15. The Balaban J connectivity index is 2.16. The van der Waals surface area contributed by atoms with E-state index in [9.17, 15) is 9.18 Å². The third-order valence-corrected chi connectivity index (χ3v) is 3.07. The summed E-state index contributed by atoms with van der Waals surface area (Å²) in [7, 11) is 1.65. The van der Waals surface area contributed by atoms with Crippen molar-refractivity contribution in [3.8, 4) is 0 Å². The minimum atomic E-state index is -0.592. The molecule has 0 saturated carbocycles. The number of hydrogen-bond donors (Lipinski definition) is 1. The van der Waals surface area contributed by atoms with Crippen LogP contribution in [0.4, 0.5) is 10.1 Å². The van der Waals surface area contributed by atoms with E-state index >= 15 is 0 Å². The molecule has 2 aromatic rings. The Morgan fingerprint density at radius 2 is 2.00 bits per heavy atom. The van der Waals surface area contributed by atoms with Gasteiger partial charge >= 0.3 is 0 Å². The quantitative estimate of drug-likeness (QED) is 0.873. The number of benzene rings is 2. The summed E-state index contributed by atoms with van der Waals surface area (Å²) in [6.07, 6.45) is 0. The molecule has 2 rings (SSSR count). The number of amides is 1. The maximum atomic E-state index is 13.7. The van der Waals surface area contributed by atoms with Crippen LogP contribution in [0.25, 0.3) is 0 Å². The lowest BCUT2D eigenvalue weighted by Crippen LogP contribution is -2.27. The Morgan fingerprint density at radius 3 is 2.65 bits per heavy atom. The Hall–Kier alpha value is -2.36. The number of aryl methyl sites for hydroxylation is 1. The second-order valence-electron chi connectivity index (χ2n) is 4.89. The maximum absolute atomic E-state index is 13.7. The summed E-state index contributed by atoms with van der Waals surface area (Å²) in [6.45, 7) is 2.43. The van der Waals surface area contributed by atoms with Gasteiger partial charge in [-0.1, -0.05) is 29.8 Å². The van der Waals surface area contributed by atoms with E-state index in [1.54, 1.807) is 7.05 Å². The third kappa shape index (κ3) is 3.15. The fourth-order valence-corrected chi connectivity index (χ4v) is 2.07. The van der Waals surface area contributed by atoms with Gasteiger partial charge in [0.1, 0.15) is 5.82 Å². The summed E-state index contributed by atoms with van der Waals surface area (Å²) in [5.74, 6) is -0.949. The Labute approximate surface area is 117 Å². The summed E-state index contributed by atoms with van der Waals surface area (Å²) in [5.41, 5.74) is 7.96. The molecule has 0 spiro atoms. The smallest absolute Gasteiger partial charge is 0.256 e. The number of anilines is 1. The number of halogens is 1. The molecule has 0 unspecified atom stereocenters. The number of carbonyl (C=O) groups is 1. The monoisotopic (exact) mass is 272 g/mol. The molecule has 20 heavy (non-hydrogen) atoms. The van der Waals surface area contributed by atoms with Gasteiger partial charge in [0.15, 0.2) is 0 Å². The van der Waals surface area contributed by atoms with Crippen LogP contribution in [0, 0.1) is 12.7 Å². The molecular weight excluding hydrogens is 255 g/mol. The molecule has 0 aliphatic heterocycles. The SMILES string of the molecule is Cc1cccc(CN(C)C(=O)c2ccc(N)cc2F)c1. The van der Waals surface area contributed by atoms with Crippen LogP contribution >= 0.6 is 0 Å². The molecule has 1 amide bonds. The highest BCUT2D eigenvalue weighted by molar-refractivity contribution is 5.94. The fraction of sp³-hybridized carbons (Fsp3) is 0.188. The van der Waals surface area contributed by atoms with Crippen LogP contribution in [0.3, 0.4) is 0 Å². The standard InChI is InChI=1S/C16H17FN2O/c1-11-4-3-5-12(8-11)10-19(2)16(20)14-7-6-13(18)9-15(14)17/h3-9H,10,18H2,1-2H3. The number of carbonyl (C=O) groups excluding carboxylic acids is 1. The average Bonchev–Trinajstić information content (AvgIpc) is 2.38. The van der Waals surface area contributed by atoms with Crippen molar-refractivity contribution in [3.63, 3.8) is 0 Å². The highest BCUT2D eigenvalue weighted by Gasteiger charge is 2.16. The molecule has 0 radical (unpaired) electrons. The molecule has 104 valence electrons. The van der Waals surface area contributed by atoms with Crippen molar-refractivity contribution in [2.24, 2.45) is 0 Å². The zero-order valence-electron chi connectivity index (χ0n) is 11.6. The predicted molar refractivity (Wildman–Crippen MR) is 77.8 cm³/mol. The molecule has 0 atom stereocenters. The van der Waals surface area contributed by atoms with Crippen LogP contribution in [0.15, 0.2) is 42.5 Å². The minimum Gasteiger partial charge on any atom is -0.399 e. The van der Waals surface area contributed by atoms with Crippen molar-refractivity contribution >= 4 is 11.6 Å². The van der Waals surface area contributed by atoms with Gasteiger partial charge in [-0.05, 0) is 30.7 Å². The first-order chi connectivity index (χ1) is 9.47. The Morgan fingerprint density at radius 1 is 1.25 bits per heavy atom. The van der Waals surface area contributed by atoms with Gasteiger partial charge in [0.2, 0.25) is 0 Å². The first kappa shape index (κ1) is 14.1. The van der Waals surface area contributed by atoms with Gasteiger partial charge in [-0.15, -0.1) is 0 Å². The highest BCUT2D eigenvalue weighted by atomic mass is 19.1. The molecule has 4 heteroatoms. The normalized spacial score (nSPS) is 10.3. The van der Waals surface area contributed by atoms with E-state index in [1.807, 2.05) is 31.2 Å². The summed E-state index contributed by atoms with van der Waals surface area (Å²) < 4.78 is 13.7. The number of nitrogen functional groups attached to an aromatic ring is 1. The second kappa shape index (κ2) is 5.74. The molecule has 0 aliphatic carbocycles. The summed E-state index contributed by atoms with van der Waals surface area (Å²) in [6, 6.07) is 12.0. The number of hydrogen-bond acceptors (Lipinski definition) is 2. The second-order valence-corrected chi connectivity index (χ2v) is 4.89. The van der Waals surface area contributed by atoms with E-state index in [0.717, 1.165) is 17.2 Å². The topological polar surface area (TPSA) is 46.3 Å². The van der Waals surface area contributed by atoms with Crippen LogP contribution in [0.2, 0.25) is 0 Å². The van der Waals surface area contributed by atoms with Crippen LogP contribution in [0.1, 0.15) is 21.5 Å². The van der Waals surface area contributed by atoms with Gasteiger partial charge in [-0.3, -0.25) is 4.79 Å². The van der Waals surface area contributed by atoms with Crippen molar-refractivity contribution in [2.45, 2.75) is 13.5 Å². The molecule has 0 bridgehead atoms. The molecule has 0 aromatic heterocycles. The predicted octanol–water partition coefficient (Wildman–Crippen LogP) is 2.99. The minimum absolute atomic E-state index is 0.0364. The zero-order valence-corrected chi connectivity index (χ0v) is 11.6. The number of rotatable bonds is 3. The average molecular weight is 272 g/mol. The number of nitrogens with zero attached hydrogens (tertiary/aromatic N) is 1. The lowest BCUT2D eigenvalue weighted by Gasteiger charge is -2.18. The first-order valence-corrected chi connectivity index (χ1v) is 6.33. The largest absolute Gasteiger partial charge is 0.399 e. The Bertz CT molecular complexity index is 640. The van der Waals surface area contributed by atoms with E-state index in [2.05, 4.69) is 0 Å². The molecule has 0 aliphatic rings. The maximum Gasteiger partial charge on any atom is 0.256 e. The van der Waals surface area contributed by atoms with Gasteiger partial charge in [0.05, 0.1) is 5.56 Å². The number of nitrogens with two attached hydrogens (primary N) is 1. The van der Waals surface area contributed by atoms with Gasteiger partial charge in [-0.2, -0.15) is 0 Å². The van der Waals surface area contributed by atoms with Crippen molar-refractivity contribution in [1.82, 2.24) is 4.90 Å². The van der Waals surface area contributed by atoms with Gasteiger partial charge in [0.25, 0.3) is 5.91 Å². The van der Waals surface area contributed by atoms with Crippen LogP contribution in [-0.2, 0) is 6.54 Å². The zero-order chi connectivity index (χ0) is 14.7. The van der Waals surface area contributed by atoms with E-state index < -0.39 is 5.82 Å². The van der Waals surface area contributed by atoms with Crippen molar-refractivity contribution in [1.29, 1.82) is 0 Å². The van der Waals surface area contributed by atoms with E-state index in [-0.39, 0.29) is 11.5 Å². The molecule has 0 heterocycles. The first-order valence-electron chi connectivity index (χ1n) is 6.33.